The van der Waals surface area contributed by atoms with Gasteiger partial charge in [-0.1, -0.05) is 62.9 Å². The maximum absolute atomic E-state index is 13.3. The third-order valence-corrected chi connectivity index (χ3v) is 7.08. The van der Waals surface area contributed by atoms with Gasteiger partial charge < -0.3 is 4.74 Å². The van der Waals surface area contributed by atoms with E-state index in [1.165, 1.54) is 23.3 Å². The molecule has 0 unspecified atom stereocenters. The number of barbiturate groups is 1. The summed E-state index contributed by atoms with van der Waals surface area (Å²) >= 11 is 9.86. The molecule has 1 aliphatic rings. The van der Waals surface area contributed by atoms with Gasteiger partial charge in [-0.3, -0.25) is 14.9 Å². The number of carbonyl (C=O) groups is 3. The van der Waals surface area contributed by atoms with E-state index in [2.05, 4.69) is 53.3 Å². The lowest BCUT2D eigenvalue weighted by Gasteiger charge is -2.26. The molecule has 1 saturated heterocycles. The molecule has 0 atom stereocenters. The van der Waals surface area contributed by atoms with Gasteiger partial charge in [0.25, 0.3) is 11.8 Å². The number of imide groups is 2. The van der Waals surface area contributed by atoms with E-state index in [4.69, 9.17) is 16.3 Å². The second-order valence-electron chi connectivity index (χ2n) is 8.98. The van der Waals surface area contributed by atoms with E-state index in [1.54, 1.807) is 18.2 Å². The highest BCUT2D eigenvalue weighted by molar-refractivity contribution is 9.10. The first-order valence-electron chi connectivity index (χ1n) is 11.8. The number of ether oxygens (including phenoxy) is 1. The number of hydrogen-bond acceptors (Lipinski definition) is 4. The summed E-state index contributed by atoms with van der Waals surface area (Å²) in [6.45, 7) is 8.29. The maximum atomic E-state index is 13.3. The number of aryl methyl sites for hydroxylation is 3. The third-order valence-electron chi connectivity index (χ3n) is 5.97. The second kappa shape index (κ2) is 10.9. The van der Waals surface area contributed by atoms with E-state index >= 15 is 0 Å². The van der Waals surface area contributed by atoms with Gasteiger partial charge in [-0.25, -0.2) is 9.69 Å². The first-order valence-corrected chi connectivity index (χ1v) is 12.9. The Labute approximate surface area is 229 Å². The van der Waals surface area contributed by atoms with Crippen LogP contribution in [0.25, 0.3) is 6.08 Å². The molecule has 0 aliphatic carbocycles. The number of nitrogens with zero attached hydrogens (tertiary/aromatic N) is 1. The van der Waals surface area contributed by atoms with E-state index in [0.717, 1.165) is 26.1 Å². The summed E-state index contributed by atoms with van der Waals surface area (Å²) in [7, 11) is 0. The van der Waals surface area contributed by atoms with Gasteiger partial charge in [-0.05, 0) is 74.7 Å². The van der Waals surface area contributed by atoms with Gasteiger partial charge in [-0.2, -0.15) is 0 Å². The fourth-order valence-corrected chi connectivity index (χ4v) is 5.10. The quantitative estimate of drug-likeness (QED) is 0.260. The predicted octanol–water partition coefficient (Wildman–Crippen LogP) is 6.68. The number of urea groups is 1. The van der Waals surface area contributed by atoms with Crippen LogP contribution in [0.4, 0.5) is 10.5 Å². The molecule has 4 amide bonds. The Bertz CT molecular complexity index is 1440. The summed E-state index contributed by atoms with van der Waals surface area (Å²) < 4.78 is 6.73. The SMILES string of the molecule is CCOc1cc(/C=C2\C(=O)NC(=O)N(c3ccc(C)c(Cl)c3)C2=O)cc(Br)c1Cc1cc(C)cc(C)c1. The van der Waals surface area contributed by atoms with Gasteiger partial charge in [0.05, 0.1) is 12.3 Å². The van der Waals surface area contributed by atoms with Crippen LogP contribution < -0.4 is 15.0 Å². The topological polar surface area (TPSA) is 75.7 Å². The molecule has 0 saturated carbocycles. The van der Waals surface area contributed by atoms with Gasteiger partial charge in [0.15, 0.2) is 0 Å². The summed E-state index contributed by atoms with van der Waals surface area (Å²) in [4.78, 5) is 39.4. The number of nitrogens with one attached hydrogen (secondary N) is 1. The van der Waals surface area contributed by atoms with Crippen LogP contribution in [0.15, 0.2) is 58.6 Å². The van der Waals surface area contributed by atoms with Crippen molar-refractivity contribution < 1.29 is 19.1 Å². The molecule has 3 aromatic carbocycles. The van der Waals surface area contributed by atoms with E-state index in [9.17, 15) is 14.4 Å². The fourth-order valence-electron chi connectivity index (χ4n) is 4.33. The number of anilines is 1. The summed E-state index contributed by atoms with van der Waals surface area (Å²) in [6.07, 6.45) is 2.10. The van der Waals surface area contributed by atoms with E-state index in [1.807, 2.05) is 19.9 Å². The molecule has 0 spiro atoms. The average Bonchev–Trinajstić information content (AvgIpc) is 2.80. The van der Waals surface area contributed by atoms with Gasteiger partial charge in [0.1, 0.15) is 11.3 Å². The van der Waals surface area contributed by atoms with Crippen LogP contribution in [-0.4, -0.2) is 24.5 Å². The van der Waals surface area contributed by atoms with Crippen LogP contribution in [-0.2, 0) is 16.0 Å². The molecule has 3 aromatic rings. The van der Waals surface area contributed by atoms with Crippen LogP contribution >= 0.6 is 27.5 Å². The molecule has 6 nitrogen and oxygen atoms in total. The van der Waals surface area contributed by atoms with Crippen molar-refractivity contribution in [3.63, 3.8) is 0 Å². The second-order valence-corrected chi connectivity index (χ2v) is 10.2. The van der Waals surface area contributed by atoms with Gasteiger partial charge in [0.2, 0.25) is 0 Å². The first kappa shape index (κ1) is 26.6. The van der Waals surface area contributed by atoms with E-state index in [0.29, 0.717) is 29.4 Å². The van der Waals surface area contributed by atoms with Crippen molar-refractivity contribution in [3.05, 3.63) is 97.0 Å². The highest BCUT2D eigenvalue weighted by Crippen LogP contribution is 2.33. The molecule has 0 aromatic heterocycles. The Balaban J connectivity index is 1.73. The Kier molecular flexibility index (Phi) is 7.85. The first-order chi connectivity index (χ1) is 17.6. The van der Waals surface area contributed by atoms with Gasteiger partial charge in [0, 0.05) is 21.5 Å². The zero-order valence-electron chi connectivity index (χ0n) is 20.9. The van der Waals surface area contributed by atoms with Crippen molar-refractivity contribution in [1.29, 1.82) is 0 Å². The minimum Gasteiger partial charge on any atom is -0.494 e. The maximum Gasteiger partial charge on any atom is 0.335 e. The Morgan fingerprint density at radius 3 is 2.35 bits per heavy atom. The number of rotatable bonds is 6. The predicted molar refractivity (Wildman–Crippen MR) is 149 cm³/mol. The van der Waals surface area contributed by atoms with Crippen molar-refractivity contribution in [2.75, 3.05) is 11.5 Å². The van der Waals surface area contributed by atoms with Crippen LogP contribution in [0.1, 0.15) is 40.3 Å². The zero-order valence-corrected chi connectivity index (χ0v) is 23.3. The standard InChI is InChI=1S/C29H26BrClN2O4/c1-5-37-26-14-20(13-24(30)22(26)11-19-9-16(2)8-17(3)10-19)12-23-27(34)32-29(36)33(28(23)35)21-7-6-18(4)25(31)15-21/h6-10,12-15H,5,11H2,1-4H3,(H,32,34,36)/b23-12+. The number of carbonyl (C=O) groups excluding carboxylic acids is 3. The Morgan fingerprint density at radius 2 is 1.70 bits per heavy atom. The number of amides is 4. The zero-order chi connectivity index (χ0) is 26.9. The minimum absolute atomic E-state index is 0.173. The number of hydrogen-bond donors (Lipinski definition) is 1. The summed E-state index contributed by atoms with van der Waals surface area (Å²) in [5, 5.41) is 2.65. The summed E-state index contributed by atoms with van der Waals surface area (Å²) in [6, 6.07) is 14.0. The normalized spacial score (nSPS) is 14.8. The molecule has 0 bridgehead atoms. The van der Waals surface area contributed by atoms with Crippen molar-refractivity contribution in [2.24, 2.45) is 0 Å². The lowest BCUT2D eigenvalue weighted by Crippen LogP contribution is -2.54. The highest BCUT2D eigenvalue weighted by atomic mass is 79.9. The van der Waals surface area contributed by atoms with E-state index < -0.39 is 17.8 Å². The molecule has 190 valence electrons. The lowest BCUT2D eigenvalue weighted by atomic mass is 9.98. The summed E-state index contributed by atoms with van der Waals surface area (Å²) in [5.41, 5.74) is 5.95. The highest BCUT2D eigenvalue weighted by Gasteiger charge is 2.37. The van der Waals surface area contributed by atoms with Crippen LogP contribution in [0, 0.1) is 20.8 Å². The van der Waals surface area contributed by atoms with Gasteiger partial charge >= 0.3 is 6.03 Å². The molecule has 37 heavy (non-hydrogen) atoms. The molecule has 8 heteroatoms. The molecule has 1 heterocycles. The molecule has 1 aliphatic heterocycles. The Hall–Kier alpha value is -3.42. The smallest absolute Gasteiger partial charge is 0.335 e. The molecule has 0 radical (unpaired) electrons. The fraction of sp³-hybridized carbons (Fsp3) is 0.207. The van der Waals surface area contributed by atoms with Crippen LogP contribution in [0.5, 0.6) is 5.75 Å². The average molecular weight is 582 g/mol. The molecule has 1 fully saturated rings. The van der Waals surface area contributed by atoms with E-state index in [-0.39, 0.29) is 11.3 Å². The van der Waals surface area contributed by atoms with Crippen LogP contribution in [0.3, 0.4) is 0 Å². The van der Waals surface area contributed by atoms with Crippen molar-refractivity contribution in [3.8, 4) is 5.75 Å². The molecular weight excluding hydrogens is 556 g/mol. The van der Waals surface area contributed by atoms with Crippen LogP contribution in [0.2, 0.25) is 5.02 Å². The Morgan fingerprint density at radius 1 is 1.00 bits per heavy atom. The van der Waals surface area contributed by atoms with Crippen molar-refractivity contribution in [1.82, 2.24) is 5.32 Å². The lowest BCUT2D eigenvalue weighted by molar-refractivity contribution is -0.122. The molecule has 1 N–H and O–H groups in total. The van der Waals surface area contributed by atoms with Crippen molar-refractivity contribution >= 4 is 57.1 Å². The van der Waals surface area contributed by atoms with Gasteiger partial charge in [-0.15, -0.1) is 0 Å². The summed E-state index contributed by atoms with van der Waals surface area (Å²) in [5.74, 6) is -0.857. The minimum atomic E-state index is -0.827. The molecular formula is C29H26BrClN2O4. The molecule has 4 rings (SSSR count). The third kappa shape index (κ3) is 5.78. The number of halogens is 2. The largest absolute Gasteiger partial charge is 0.494 e. The monoisotopic (exact) mass is 580 g/mol. The number of benzene rings is 3. The van der Waals surface area contributed by atoms with Crippen molar-refractivity contribution in [2.45, 2.75) is 34.1 Å².